The maximum atomic E-state index is 6.24. The van der Waals surface area contributed by atoms with Crippen molar-refractivity contribution in [3.8, 4) is 0 Å². The van der Waals surface area contributed by atoms with Crippen LogP contribution < -0.4 is 11.3 Å². The Morgan fingerprint density at radius 2 is 2.11 bits per heavy atom. The van der Waals surface area contributed by atoms with Crippen molar-refractivity contribution in [1.29, 1.82) is 0 Å². The zero-order valence-electron chi connectivity index (χ0n) is 10.3. The van der Waals surface area contributed by atoms with Gasteiger partial charge in [-0.2, -0.15) is 0 Å². The molecular formula is C14H18Cl2N2. The molecule has 0 bridgehead atoms. The third-order valence-corrected chi connectivity index (χ3v) is 4.24. The Kier molecular flexibility index (Phi) is 5.07. The maximum absolute atomic E-state index is 6.24. The van der Waals surface area contributed by atoms with Crippen LogP contribution in [-0.2, 0) is 0 Å². The molecule has 1 unspecified atom stereocenters. The predicted octanol–water partition coefficient (Wildman–Crippen LogP) is 4.39. The molecule has 1 aliphatic carbocycles. The van der Waals surface area contributed by atoms with Gasteiger partial charge < -0.3 is 0 Å². The fourth-order valence-corrected chi connectivity index (χ4v) is 2.84. The normalized spacial score (nSPS) is 17.4. The summed E-state index contributed by atoms with van der Waals surface area (Å²) >= 11 is 12.3. The van der Waals surface area contributed by atoms with E-state index in [0.29, 0.717) is 10.0 Å². The number of nitrogens with one attached hydrogen (secondary N) is 1. The molecule has 0 radical (unpaired) electrons. The van der Waals surface area contributed by atoms with Gasteiger partial charge in [0.25, 0.3) is 0 Å². The molecule has 0 saturated carbocycles. The van der Waals surface area contributed by atoms with Crippen LogP contribution in [0.3, 0.4) is 0 Å². The van der Waals surface area contributed by atoms with Gasteiger partial charge in [-0.1, -0.05) is 47.0 Å². The van der Waals surface area contributed by atoms with Crippen molar-refractivity contribution in [2.45, 2.75) is 38.1 Å². The van der Waals surface area contributed by atoms with Crippen molar-refractivity contribution in [3.63, 3.8) is 0 Å². The number of hydrogen-bond acceptors (Lipinski definition) is 2. The molecular weight excluding hydrogens is 267 g/mol. The van der Waals surface area contributed by atoms with Crippen LogP contribution in [-0.4, -0.2) is 0 Å². The van der Waals surface area contributed by atoms with Crippen molar-refractivity contribution in [1.82, 2.24) is 5.43 Å². The number of allylic oxidation sites excluding steroid dienone is 1. The van der Waals surface area contributed by atoms with Gasteiger partial charge in [0, 0.05) is 0 Å². The van der Waals surface area contributed by atoms with Gasteiger partial charge in [-0.15, -0.1) is 0 Å². The van der Waals surface area contributed by atoms with Crippen LogP contribution in [0.4, 0.5) is 0 Å². The number of rotatable bonds is 4. The molecule has 2 rings (SSSR count). The van der Waals surface area contributed by atoms with Gasteiger partial charge in [0.2, 0.25) is 0 Å². The summed E-state index contributed by atoms with van der Waals surface area (Å²) in [6.45, 7) is 0. The first kappa shape index (κ1) is 13.9. The largest absolute Gasteiger partial charge is 0.271 e. The number of benzene rings is 1. The summed E-state index contributed by atoms with van der Waals surface area (Å²) in [6.07, 6.45) is 8.13. The highest BCUT2D eigenvalue weighted by molar-refractivity contribution is 6.42. The molecule has 4 heteroatoms. The van der Waals surface area contributed by atoms with Crippen LogP contribution in [0.2, 0.25) is 10.0 Å². The lowest BCUT2D eigenvalue weighted by atomic mass is 9.92. The van der Waals surface area contributed by atoms with Crippen LogP contribution in [0, 0.1) is 0 Å². The molecule has 1 aliphatic rings. The lowest BCUT2D eigenvalue weighted by Gasteiger charge is -2.21. The van der Waals surface area contributed by atoms with Crippen molar-refractivity contribution >= 4 is 23.2 Å². The van der Waals surface area contributed by atoms with Gasteiger partial charge in [-0.3, -0.25) is 11.3 Å². The van der Waals surface area contributed by atoms with E-state index >= 15 is 0 Å². The highest BCUT2D eigenvalue weighted by Gasteiger charge is 2.17. The average molecular weight is 285 g/mol. The minimum Gasteiger partial charge on any atom is -0.271 e. The zero-order valence-corrected chi connectivity index (χ0v) is 11.8. The first-order valence-electron chi connectivity index (χ1n) is 6.30. The molecule has 0 saturated heterocycles. The lowest BCUT2D eigenvalue weighted by molar-refractivity contribution is 0.529. The molecule has 1 atom stereocenters. The molecule has 98 valence electrons. The number of hydrazine groups is 1. The van der Waals surface area contributed by atoms with Crippen molar-refractivity contribution < 1.29 is 0 Å². The Labute approximate surface area is 118 Å². The SMILES string of the molecule is NNC(CC1=CCCCC1)c1cccc(Cl)c1Cl. The minimum atomic E-state index is 0.0283. The summed E-state index contributed by atoms with van der Waals surface area (Å²) in [6, 6.07) is 5.70. The van der Waals surface area contributed by atoms with E-state index in [1.54, 1.807) is 6.07 Å². The smallest absolute Gasteiger partial charge is 0.0640 e. The van der Waals surface area contributed by atoms with E-state index in [-0.39, 0.29) is 6.04 Å². The van der Waals surface area contributed by atoms with Gasteiger partial charge in [0.15, 0.2) is 0 Å². The topological polar surface area (TPSA) is 38.0 Å². The standard InChI is InChI=1S/C14H18Cl2N2/c15-12-8-4-7-11(14(12)16)13(18-17)9-10-5-2-1-3-6-10/h4-5,7-8,13,18H,1-3,6,9,17H2. The van der Waals surface area contributed by atoms with E-state index in [4.69, 9.17) is 29.0 Å². The Morgan fingerprint density at radius 3 is 2.78 bits per heavy atom. The Hall–Kier alpha value is -0.540. The van der Waals surface area contributed by atoms with Gasteiger partial charge in [0.1, 0.15) is 0 Å². The summed E-state index contributed by atoms with van der Waals surface area (Å²) in [5.41, 5.74) is 5.28. The molecule has 0 aromatic heterocycles. The highest BCUT2D eigenvalue weighted by Crippen LogP contribution is 2.34. The number of halogens is 2. The van der Waals surface area contributed by atoms with Crippen molar-refractivity contribution in [3.05, 3.63) is 45.5 Å². The lowest BCUT2D eigenvalue weighted by Crippen LogP contribution is -2.28. The van der Waals surface area contributed by atoms with E-state index in [9.17, 15) is 0 Å². The molecule has 0 fully saturated rings. The molecule has 0 heterocycles. The molecule has 1 aromatic carbocycles. The third kappa shape index (κ3) is 3.27. The first-order chi connectivity index (χ1) is 8.72. The second-order valence-corrected chi connectivity index (χ2v) is 5.46. The first-order valence-corrected chi connectivity index (χ1v) is 7.06. The monoisotopic (exact) mass is 284 g/mol. The van der Waals surface area contributed by atoms with E-state index in [1.165, 1.54) is 24.8 Å². The number of nitrogens with two attached hydrogens (primary N) is 1. The Morgan fingerprint density at radius 1 is 1.28 bits per heavy atom. The van der Waals surface area contributed by atoms with Gasteiger partial charge in [-0.05, 0) is 43.7 Å². The molecule has 18 heavy (non-hydrogen) atoms. The quantitative estimate of drug-likeness (QED) is 0.489. The summed E-state index contributed by atoms with van der Waals surface area (Å²) in [7, 11) is 0. The van der Waals surface area contributed by atoms with Gasteiger partial charge in [0.05, 0.1) is 16.1 Å². The zero-order chi connectivity index (χ0) is 13.0. The second-order valence-electron chi connectivity index (χ2n) is 4.67. The fourth-order valence-electron chi connectivity index (χ4n) is 2.40. The van der Waals surface area contributed by atoms with Crippen LogP contribution >= 0.6 is 23.2 Å². The summed E-state index contributed by atoms with van der Waals surface area (Å²) < 4.78 is 0. The van der Waals surface area contributed by atoms with Crippen molar-refractivity contribution in [2.75, 3.05) is 0 Å². The number of hydrogen-bond donors (Lipinski definition) is 2. The van der Waals surface area contributed by atoms with E-state index in [0.717, 1.165) is 18.4 Å². The maximum Gasteiger partial charge on any atom is 0.0640 e. The summed E-state index contributed by atoms with van der Waals surface area (Å²) in [5.74, 6) is 5.66. The highest BCUT2D eigenvalue weighted by atomic mass is 35.5. The van der Waals surface area contributed by atoms with Gasteiger partial charge in [-0.25, -0.2) is 0 Å². The summed E-state index contributed by atoms with van der Waals surface area (Å²) in [4.78, 5) is 0. The summed E-state index contributed by atoms with van der Waals surface area (Å²) in [5, 5.41) is 1.17. The van der Waals surface area contributed by atoms with E-state index in [1.807, 2.05) is 12.1 Å². The Balaban J connectivity index is 2.17. The van der Waals surface area contributed by atoms with Crippen LogP contribution in [0.25, 0.3) is 0 Å². The minimum absolute atomic E-state index is 0.0283. The predicted molar refractivity (Wildman–Crippen MR) is 77.7 cm³/mol. The second kappa shape index (κ2) is 6.58. The Bertz CT molecular complexity index is 443. The molecule has 1 aromatic rings. The molecule has 3 N–H and O–H groups in total. The third-order valence-electron chi connectivity index (χ3n) is 3.41. The van der Waals surface area contributed by atoms with E-state index in [2.05, 4.69) is 11.5 Å². The van der Waals surface area contributed by atoms with Crippen LogP contribution in [0.15, 0.2) is 29.8 Å². The van der Waals surface area contributed by atoms with Crippen LogP contribution in [0.1, 0.15) is 43.7 Å². The molecule has 0 aliphatic heterocycles. The fraction of sp³-hybridized carbons (Fsp3) is 0.429. The molecule has 0 spiro atoms. The molecule has 2 nitrogen and oxygen atoms in total. The average Bonchev–Trinajstić information content (AvgIpc) is 2.41. The van der Waals surface area contributed by atoms with Gasteiger partial charge >= 0.3 is 0 Å². The van der Waals surface area contributed by atoms with Crippen molar-refractivity contribution in [2.24, 2.45) is 5.84 Å². The van der Waals surface area contributed by atoms with E-state index < -0.39 is 0 Å². The van der Waals surface area contributed by atoms with Crippen LogP contribution in [0.5, 0.6) is 0 Å². The molecule has 0 amide bonds.